The zero-order chi connectivity index (χ0) is 20.1. The number of rotatable bonds is 7. The second-order valence-electron chi connectivity index (χ2n) is 5.91. The maximum Gasteiger partial charge on any atom is 0.406 e. The van der Waals surface area contributed by atoms with Crippen molar-refractivity contribution in [2.45, 2.75) is 19.5 Å². The van der Waals surface area contributed by atoms with Gasteiger partial charge in [-0.3, -0.25) is 14.4 Å². The van der Waals surface area contributed by atoms with Gasteiger partial charge < -0.3 is 14.5 Å². The Bertz CT molecular complexity index is 687. The fraction of sp³-hybridized carbons (Fsp3) is 0.471. The van der Waals surface area contributed by atoms with Crippen LogP contribution in [0.3, 0.4) is 0 Å². The number of ketones is 1. The van der Waals surface area contributed by atoms with Crippen molar-refractivity contribution in [1.29, 1.82) is 0 Å². The third-order valence-electron chi connectivity index (χ3n) is 3.58. The fourth-order valence-corrected chi connectivity index (χ4v) is 2.16. The molecule has 1 rings (SSSR count). The lowest BCUT2D eigenvalue weighted by atomic mass is 10.0. The second kappa shape index (κ2) is 8.68. The van der Waals surface area contributed by atoms with Gasteiger partial charge >= 0.3 is 6.18 Å². The standard InChI is InChI=1S/C17H21F3N2O4/c1-11(23)12-5-6-14(26-4)13(7-12)8-15(24)22(10-17(18,19)20)9-16(25)21(2)3/h5-7H,8-10H2,1-4H3. The summed E-state index contributed by atoms with van der Waals surface area (Å²) in [6.45, 7) is -0.903. The number of carbonyl (C=O) groups is 3. The number of Topliss-reactive ketones (excluding diaryl/α,β-unsaturated/α-hetero) is 1. The van der Waals surface area contributed by atoms with E-state index in [1.807, 2.05) is 0 Å². The molecule has 2 amide bonds. The molecule has 9 heteroatoms. The average Bonchev–Trinajstić information content (AvgIpc) is 2.52. The molecule has 0 aliphatic rings. The van der Waals surface area contributed by atoms with Crippen LogP contribution in [-0.4, -0.2) is 67.9 Å². The molecule has 1 aromatic carbocycles. The smallest absolute Gasteiger partial charge is 0.406 e. The van der Waals surface area contributed by atoms with E-state index in [1.165, 1.54) is 46.3 Å². The minimum Gasteiger partial charge on any atom is -0.496 e. The van der Waals surface area contributed by atoms with E-state index < -0.39 is 37.5 Å². The Hall–Kier alpha value is -2.58. The minimum atomic E-state index is -4.65. The van der Waals surface area contributed by atoms with E-state index in [0.717, 1.165) is 4.90 Å². The molecule has 0 N–H and O–H groups in total. The summed E-state index contributed by atoms with van der Waals surface area (Å²) in [7, 11) is 4.12. The Morgan fingerprint density at radius 3 is 2.19 bits per heavy atom. The first-order chi connectivity index (χ1) is 11.9. The van der Waals surface area contributed by atoms with Gasteiger partial charge in [0.25, 0.3) is 0 Å². The number of likely N-dealkylation sites (N-methyl/N-ethyl adjacent to an activating group) is 1. The lowest BCUT2D eigenvalue weighted by Gasteiger charge is -2.25. The Kier molecular flexibility index (Phi) is 7.17. The van der Waals surface area contributed by atoms with Crippen LogP contribution in [0, 0.1) is 0 Å². The number of halogens is 3. The van der Waals surface area contributed by atoms with E-state index >= 15 is 0 Å². The fourth-order valence-electron chi connectivity index (χ4n) is 2.16. The highest BCUT2D eigenvalue weighted by Crippen LogP contribution is 2.23. The number of methoxy groups -OCH3 is 1. The molecule has 144 valence electrons. The van der Waals surface area contributed by atoms with Gasteiger partial charge in [-0.25, -0.2) is 0 Å². The van der Waals surface area contributed by atoms with E-state index in [9.17, 15) is 27.6 Å². The maximum atomic E-state index is 12.8. The van der Waals surface area contributed by atoms with Gasteiger partial charge in [-0.2, -0.15) is 13.2 Å². The first-order valence-electron chi connectivity index (χ1n) is 7.67. The maximum absolute atomic E-state index is 12.8. The predicted molar refractivity (Wildman–Crippen MR) is 88.0 cm³/mol. The minimum absolute atomic E-state index is 0.253. The van der Waals surface area contributed by atoms with Crippen LogP contribution in [0.1, 0.15) is 22.8 Å². The zero-order valence-corrected chi connectivity index (χ0v) is 15.0. The molecular weight excluding hydrogens is 353 g/mol. The van der Waals surface area contributed by atoms with E-state index in [4.69, 9.17) is 4.74 Å². The van der Waals surface area contributed by atoms with E-state index in [0.29, 0.717) is 10.5 Å². The summed E-state index contributed by atoms with van der Waals surface area (Å²) in [4.78, 5) is 37.2. The topological polar surface area (TPSA) is 66.9 Å². The largest absolute Gasteiger partial charge is 0.496 e. The van der Waals surface area contributed by atoms with Crippen LogP contribution in [-0.2, 0) is 16.0 Å². The van der Waals surface area contributed by atoms with E-state index in [-0.39, 0.29) is 17.1 Å². The van der Waals surface area contributed by atoms with Crippen molar-refractivity contribution >= 4 is 17.6 Å². The summed E-state index contributed by atoms with van der Waals surface area (Å²) in [5.74, 6) is -1.51. The summed E-state index contributed by atoms with van der Waals surface area (Å²) in [6, 6.07) is 4.37. The van der Waals surface area contributed by atoms with Gasteiger partial charge in [0.2, 0.25) is 11.8 Å². The lowest BCUT2D eigenvalue weighted by molar-refractivity contribution is -0.163. The number of carbonyl (C=O) groups excluding carboxylic acids is 3. The molecule has 0 bridgehead atoms. The third-order valence-corrected chi connectivity index (χ3v) is 3.58. The van der Waals surface area contributed by atoms with Crippen LogP contribution >= 0.6 is 0 Å². The highest BCUT2D eigenvalue weighted by atomic mass is 19.4. The van der Waals surface area contributed by atoms with Crippen molar-refractivity contribution in [1.82, 2.24) is 9.80 Å². The first kappa shape index (κ1) is 21.5. The van der Waals surface area contributed by atoms with Crippen molar-refractivity contribution in [3.8, 4) is 5.75 Å². The van der Waals surface area contributed by atoms with Gasteiger partial charge in [-0.1, -0.05) is 0 Å². The summed E-state index contributed by atoms with van der Waals surface area (Å²) in [6.07, 6.45) is -5.07. The molecule has 0 unspecified atom stereocenters. The molecule has 0 spiro atoms. The van der Waals surface area contributed by atoms with Crippen molar-refractivity contribution in [2.24, 2.45) is 0 Å². The summed E-state index contributed by atoms with van der Waals surface area (Å²) in [5.41, 5.74) is 0.579. The molecule has 0 aliphatic heterocycles. The molecule has 0 saturated heterocycles. The number of hydrogen-bond donors (Lipinski definition) is 0. The van der Waals surface area contributed by atoms with Gasteiger partial charge in [-0.15, -0.1) is 0 Å². The molecule has 0 aromatic heterocycles. The first-order valence-corrected chi connectivity index (χ1v) is 7.67. The van der Waals surface area contributed by atoms with Crippen LogP contribution in [0.15, 0.2) is 18.2 Å². The number of ether oxygens (including phenoxy) is 1. The van der Waals surface area contributed by atoms with Crippen molar-refractivity contribution < 1.29 is 32.3 Å². The Morgan fingerprint density at radius 1 is 1.12 bits per heavy atom. The third kappa shape index (κ3) is 6.38. The molecule has 0 saturated carbocycles. The predicted octanol–water partition coefficient (Wildman–Crippen LogP) is 1.92. The van der Waals surface area contributed by atoms with Gasteiger partial charge in [0.15, 0.2) is 5.78 Å². The molecule has 0 radical (unpaired) electrons. The summed E-state index contributed by atoms with van der Waals surface area (Å²) >= 11 is 0. The average molecular weight is 374 g/mol. The lowest BCUT2D eigenvalue weighted by Crippen LogP contribution is -2.45. The number of amides is 2. The molecule has 0 fully saturated rings. The van der Waals surface area contributed by atoms with E-state index in [2.05, 4.69) is 0 Å². The van der Waals surface area contributed by atoms with Crippen molar-refractivity contribution in [3.63, 3.8) is 0 Å². The quantitative estimate of drug-likeness (QED) is 0.684. The molecule has 0 aliphatic carbocycles. The van der Waals surface area contributed by atoms with Crippen LogP contribution in [0.5, 0.6) is 5.75 Å². The molecule has 26 heavy (non-hydrogen) atoms. The van der Waals surface area contributed by atoms with Gasteiger partial charge in [0.1, 0.15) is 18.8 Å². The Labute approximate surface area is 149 Å². The van der Waals surface area contributed by atoms with Gasteiger partial charge in [0.05, 0.1) is 13.5 Å². The number of nitrogens with zero attached hydrogens (tertiary/aromatic N) is 2. The van der Waals surface area contributed by atoms with Crippen LogP contribution < -0.4 is 4.74 Å². The molecule has 6 nitrogen and oxygen atoms in total. The monoisotopic (exact) mass is 374 g/mol. The summed E-state index contributed by atoms with van der Waals surface area (Å²) < 4.78 is 43.5. The Morgan fingerprint density at radius 2 is 1.73 bits per heavy atom. The van der Waals surface area contributed by atoms with Crippen molar-refractivity contribution in [3.05, 3.63) is 29.3 Å². The molecular formula is C17H21F3N2O4. The Balaban J connectivity index is 3.10. The number of alkyl halides is 3. The van der Waals surface area contributed by atoms with E-state index in [1.54, 1.807) is 0 Å². The number of benzene rings is 1. The highest BCUT2D eigenvalue weighted by molar-refractivity contribution is 5.95. The molecule has 0 atom stereocenters. The second-order valence-corrected chi connectivity index (χ2v) is 5.91. The zero-order valence-electron chi connectivity index (χ0n) is 15.0. The number of hydrogen-bond acceptors (Lipinski definition) is 4. The van der Waals surface area contributed by atoms with Crippen LogP contribution in [0.4, 0.5) is 13.2 Å². The van der Waals surface area contributed by atoms with Gasteiger partial charge in [0, 0.05) is 25.2 Å². The highest BCUT2D eigenvalue weighted by Gasteiger charge is 2.34. The SMILES string of the molecule is COc1ccc(C(C)=O)cc1CC(=O)N(CC(=O)N(C)C)CC(F)(F)F. The van der Waals surface area contributed by atoms with Crippen LogP contribution in [0.2, 0.25) is 0 Å². The van der Waals surface area contributed by atoms with Gasteiger partial charge in [-0.05, 0) is 25.1 Å². The van der Waals surface area contributed by atoms with Crippen LogP contribution in [0.25, 0.3) is 0 Å². The molecule has 0 heterocycles. The molecule has 1 aromatic rings. The van der Waals surface area contributed by atoms with Crippen molar-refractivity contribution in [2.75, 3.05) is 34.3 Å². The normalized spacial score (nSPS) is 11.0. The summed E-state index contributed by atoms with van der Waals surface area (Å²) in [5, 5.41) is 0.